The molecule has 0 bridgehead atoms. The molecule has 0 atom stereocenters. The van der Waals surface area contributed by atoms with Crippen LogP contribution < -0.4 is 0 Å². The quantitative estimate of drug-likeness (QED) is 0.687. The number of aromatic hydroxyl groups is 1. The lowest BCUT2D eigenvalue weighted by Gasteiger charge is -1.95. The van der Waals surface area contributed by atoms with E-state index in [0.717, 1.165) is 6.07 Å². The largest absolute Gasteiger partial charge is 0.505 e. The Hall–Kier alpha value is -0.640. The lowest BCUT2D eigenvalue weighted by Crippen LogP contribution is -1.80. The maximum atomic E-state index is 12.4. The number of halogens is 3. The van der Waals surface area contributed by atoms with Gasteiger partial charge in [0.05, 0.1) is 4.47 Å². The van der Waals surface area contributed by atoms with Gasteiger partial charge in [0.1, 0.15) is 5.82 Å². The van der Waals surface area contributed by atoms with Crippen LogP contribution in [0.1, 0.15) is 13.8 Å². The fourth-order valence-corrected chi connectivity index (χ4v) is 0.828. The fraction of sp³-hybridized carbons (Fsp3) is 0.250. The first kappa shape index (κ1) is 11.4. The van der Waals surface area contributed by atoms with Crippen molar-refractivity contribution in [1.82, 2.24) is 0 Å². The van der Waals surface area contributed by atoms with Crippen LogP contribution in [0.25, 0.3) is 0 Å². The third-order valence-corrected chi connectivity index (χ3v) is 1.60. The summed E-state index contributed by atoms with van der Waals surface area (Å²) in [6.45, 7) is 4.00. The van der Waals surface area contributed by atoms with Crippen molar-refractivity contribution in [2.45, 2.75) is 13.8 Å². The molecule has 0 saturated carbocycles. The summed E-state index contributed by atoms with van der Waals surface area (Å²) in [7, 11) is 0. The summed E-state index contributed by atoms with van der Waals surface area (Å²) in [5, 5.41) is 8.59. The molecule has 1 N–H and O–H groups in total. The molecule has 68 valence electrons. The maximum Gasteiger partial charge on any atom is 0.166 e. The lowest BCUT2D eigenvalue weighted by atomic mass is 10.3. The summed E-state index contributed by atoms with van der Waals surface area (Å²) in [5.41, 5.74) is 0. The van der Waals surface area contributed by atoms with Gasteiger partial charge in [0.2, 0.25) is 0 Å². The molecule has 0 unspecified atom stereocenters. The van der Waals surface area contributed by atoms with Crippen LogP contribution >= 0.6 is 15.9 Å². The Labute approximate surface area is 78.2 Å². The van der Waals surface area contributed by atoms with Gasteiger partial charge in [-0.05, 0) is 22.0 Å². The number of rotatable bonds is 0. The van der Waals surface area contributed by atoms with Crippen LogP contribution in [-0.4, -0.2) is 5.11 Å². The molecular weight excluding hydrogens is 230 g/mol. The zero-order valence-electron chi connectivity index (χ0n) is 6.74. The number of hydrogen-bond acceptors (Lipinski definition) is 1. The van der Waals surface area contributed by atoms with E-state index in [4.69, 9.17) is 5.11 Å². The highest BCUT2D eigenvalue weighted by Gasteiger charge is 2.05. The van der Waals surface area contributed by atoms with E-state index in [1.807, 2.05) is 13.8 Å². The number of phenols is 1. The first-order chi connectivity index (χ1) is 5.61. The van der Waals surface area contributed by atoms with Crippen LogP contribution in [0.5, 0.6) is 5.75 Å². The predicted molar refractivity (Wildman–Crippen MR) is 47.1 cm³/mol. The maximum absolute atomic E-state index is 12.4. The zero-order valence-corrected chi connectivity index (χ0v) is 8.32. The van der Waals surface area contributed by atoms with Gasteiger partial charge in [-0.15, -0.1) is 0 Å². The number of benzene rings is 1. The van der Waals surface area contributed by atoms with E-state index in [0.29, 0.717) is 6.07 Å². The monoisotopic (exact) mass is 238 g/mol. The van der Waals surface area contributed by atoms with E-state index in [9.17, 15) is 8.78 Å². The first-order valence-corrected chi connectivity index (χ1v) is 4.24. The minimum absolute atomic E-state index is 0.00259. The van der Waals surface area contributed by atoms with Gasteiger partial charge in [-0.3, -0.25) is 0 Å². The van der Waals surface area contributed by atoms with Crippen molar-refractivity contribution >= 4 is 15.9 Å². The minimum Gasteiger partial charge on any atom is -0.505 e. The van der Waals surface area contributed by atoms with Crippen LogP contribution in [0.3, 0.4) is 0 Å². The summed E-state index contributed by atoms with van der Waals surface area (Å²) in [5.74, 6) is -2.20. The first-order valence-electron chi connectivity index (χ1n) is 3.45. The molecule has 12 heavy (non-hydrogen) atoms. The highest BCUT2D eigenvalue weighted by molar-refractivity contribution is 9.10. The molecule has 0 aliphatic heterocycles. The van der Waals surface area contributed by atoms with Gasteiger partial charge in [-0.25, -0.2) is 8.78 Å². The second kappa shape index (κ2) is 5.09. The predicted octanol–water partition coefficient (Wildman–Crippen LogP) is 3.46. The van der Waals surface area contributed by atoms with E-state index in [2.05, 4.69) is 15.9 Å². The van der Waals surface area contributed by atoms with Gasteiger partial charge < -0.3 is 5.11 Å². The third kappa shape index (κ3) is 2.77. The SMILES string of the molecule is CC.Oc1cc(F)c(Br)cc1F. The van der Waals surface area contributed by atoms with Crippen molar-refractivity contribution < 1.29 is 13.9 Å². The van der Waals surface area contributed by atoms with Crippen molar-refractivity contribution in [1.29, 1.82) is 0 Å². The zero-order chi connectivity index (χ0) is 9.72. The van der Waals surface area contributed by atoms with Crippen molar-refractivity contribution in [3.05, 3.63) is 28.2 Å². The van der Waals surface area contributed by atoms with Crippen molar-refractivity contribution in [3.63, 3.8) is 0 Å². The van der Waals surface area contributed by atoms with Crippen LogP contribution in [0.2, 0.25) is 0 Å². The van der Waals surface area contributed by atoms with E-state index >= 15 is 0 Å². The highest BCUT2D eigenvalue weighted by atomic mass is 79.9. The Balaban J connectivity index is 0.000000561. The summed E-state index contributed by atoms with van der Waals surface area (Å²) in [4.78, 5) is 0. The van der Waals surface area contributed by atoms with Crippen LogP contribution in [-0.2, 0) is 0 Å². The normalized spacial score (nSPS) is 8.75. The topological polar surface area (TPSA) is 20.2 Å². The van der Waals surface area contributed by atoms with Gasteiger partial charge in [0, 0.05) is 6.07 Å². The average molecular weight is 239 g/mol. The van der Waals surface area contributed by atoms with Crippen LogP contribution in [0.15, 0.2) is 16.6 Å². The fourth-order valence-electron chi connectivity index (χ4n) is 0.512. The molecule has 0 aromatic heterocycles. The van der Waals surface area contributed by atoms with Gasteiger partial charge >= 0.3 is 0 Å². The molecule has 0 spiro atoms. The second-order valence-corrected chi connectivity index (χ2v) is 2.57. The van der Waals surface area contributed by atoms with Crippen LogP contribution in [0, 0.1) is 11.6 Å². The summed E-state index contributed by atoms with van der Waals surface area (Å²) in [6, 6.07) is 1.57. The molecule has 0 fully saturated rings. The molecule has 0 radical (unpaired) electrons. The van der Waals surface area contributed by atoms with Crippen molar-refractivity contribution in [3.8, 4) is 5.75 Å². The lowest BCUT2D eigenvalue weighted by molar-refractivity contribution is 0.426. The van der Waals surface area contributed by atoms with Crippen molar-refractivity contribution in [2.24, 2.45) is 0 Å². The highest BCUT2D eigenvalue weighted by Crippen LogP contribution is 2.23. The van der Waals surface area contributed by atoms with Gasteiger partial charge in [0.25, 0.3) is 0 Å². The minimum atomic E-state index is -0.840. The van der Waals surface area contributed by atoms with E-state index < -0.39 is 17.4 Å². The van der Waals surface area contributed by atoms with E-state index in [-0.39, 0.29) is 4.47 Å². The molecule has 0 aliphatic carbocycles. The molecule has 0 amide bonds. The van der Waals surface area contributed by atoms with Crippen LogP contribution in [0.4, 0.5) is 8.78 Å². The summed E-state index contributed by atoms with van der Waals surface area (Å²) in [6.07, 6.45) is 0. The molecule has 1 rings (SSSR count). The average Bonchev–Trinajstić information content (AvgIpc) is 2.05. The molecule has 4 heteroatoms. The van der Waals surface area contributed by atoms with Gasteiger partial charge in [-0.1, -0.05) is 13.8 Å². The van der Waals surface area contributed by atoms with Gasteiger partial charge in [-0.2, -0.15) is 0 Å². The molecule has 0 aliphatic rings. The molecule has 1 aromatic carbocycles. The molecule has 0 saturated heterocycles. The Kier molecular flexibility index (Phi) is 4.81. The Morgan fingerprint density at radius 1 is 1.17 bits per heavy atom. The standard InChI is InChI=1S/C6H3BrF2O.C2H6/c7-3-1-5(9)6(10)2-4(3)8;1-2/h1-2,10H;1-2H3. The Bertz CT molecular complexity index is 213. The summed E-state index contributed by atoms with van der Waals surface area (Å²) >= 11 is 2.75. The van der Waals surface area contributed by atoms with Crippen molar-refractivity contribution in [2.75, 3.05) is 0 Å². The molecule has 1 nitrogen and oxygen atoms in total. The second-order valence-electron chi connectivity index (χ2n) is 1.72. The summed E-state index contributed by atoms with van der Waals surface area (Å²) < 4.78 is 24.7. The van der Waals surface area contributed by atoms with E-state index in [1.165, 1.54) is 0 Å². The molecule has 0 heterocycles. The Morgan fingerprint density at radius 3 is 2.08 bits per heavy atom. The van der Waals surface area contributed by atoms with E-state index in [1.54, 1.807) is 0 Å². The molecule has 1 aromatic rings. The third-order valence-electron chi connectivity index (χ3n) is 0.990. The van der Waals surface area contributed by atoms with Gasteiger partial charge in [0.15, 0.2) is 11.6 Å². The molecular formula is C8H9BrF2O. The Morgan fingerprint density at radius 2 is 1.67 bits per heavy atom. The smallest absolute Gasteiger partial charge is 0.166 e. The number of hydrogen-bond donors (Lipinski definition) is 1. The number of phenolic OH excluding ortho intramolecular Hbond substituents is 1.